The summed E-state index contributed by atoms with van der Waals surface area (Å²) >= 11 is 0. The van der Waals surface area contributed by atoms with E-state index in [2.05, 4.69) is 25.5 Å². The second-order valence-corrected chi connectivity index (χ2v) is 5.87. The number of hydrogen-bond acceptors (Lipinski definition) is 6. The van der Waals surface area contributed by atoms with Gasteiger partial charge in [-0.25, -0.2) is 0 Å². The molecule has 1 N–H and O–H groups in total. The fourth-order valence-electron chi connectivity index (χ4n) is 2.95. The van der Waals surface area contributed by atoms with E-state index in [9.17, 15) is 4.79 Å². The predicted octanol–water partition coefficient (Wildman–Crippen LogP) is 1.45. The van der Waals surface area contributed by atoms with Gasteiger partial charge in [-0.1, -0.05) is 12.1 Å². The Morgan fingerprint density at radius 2 is 2.35 bits per heavy atom. The Hall–Kier alpha value is -2.22. The zero-order valence-electron chi connectivity index (χ0n) is 13.7. The third-order valence-corrected chi connectivity index (χ3v) is 4.06. The smallest absolute Gasteiger partial charge is 0.239 e. The van der Waals surface area contributed by atoms with Crippen LogP contribution in [-0.4, -0.2) is 43.8 Å². The molecular weight excluding hydrogens is 296 g/mol. The number of hydrogen-bond donors (Lipinski definition) is 1. The van der Waals surface area contributed by atoms with Gasteiger partial charge in [0.1, 0.15) is 5.82 Å². The zero-order valence-corrected chi connectivity index (χ0v) is 13.7. The zero-order chi connectivity index (χ0) is 16.4. The van der Waals surface area contributed by atoms with Gasteiger partial charge in [-0.15, -0.1) is 0 Å². The van der Waals surface area contributed by atoms with Crippen molar-refractivity contribution in [1.82, 2.24) is 24.8 Å². The topological polar surface area (TPSA) is 89.1 Å². The Kier molecular flexibility index (Phi) is 4.42. The first-order chi connectivity index (χ1) is 11.1. The van der Waals surface area contributed by atoms with E-state index in [0.717, 1.165) is 31.5 Å². The van der Waals surface area contributed by atoms with Gasteiger partial charge in [-0.05, 0) is 26.3 Å². The van der Waals surface area contributed by atoms with Crippen LogP contribution in [0.1, 0.15) is 43.2 Å². The molecule has 3 rings (SSSR count). The van der Waals surface area contributed by atoms with E-state index in [4.69, 9.17) is 4.52 Å². The Morgan fingerprint density at radius 3 is 3.00 bits per heavy atom. The van der Waals surface area contributed by atoms with Crippen molar-refractivity contribution in [3.05, 3.63) is 23.5 Å². The van der Waals surface area contributed by atoms with Gasteiger partial charge < -0.3 is 9.84 Å². The SMILES string of the molecule is CCc1nc([C@H]2CCCN2CC(=O)Nc2cc(C)nn2C)no1. The highest BCUT2D eigenvalue weighted by Crippen LogP contribution is 2.29. The van der Waals surface area contributed by atoms with Crippen LogP contribution >= 0.6 is 0 Å². The molecule has 1 aliphatic heterocycles. The van der Waals surface area contributed by atoms with Gasteiger partial charge in [0.15, 0.2) is 5.82 Å². The summed E-state index contributed by atoms with van der Waals surface area (Å²) < 4.78 is 6.86. The third-order valence-electron chi connectivity index (χ3n) is 4.06. The summed E-state index contributed by atoms with van der Waals surface area (Å²) in [6.45, 7) is 5.05. The largest absolute Gasteiger partial charge is 0.339 e. The monoisotopic (exact) mass is 318 g/mol. The molecule has 0 bridgehead atoms. The van der Waals surface area contributed by atoms with Crippen LogP contribution in [0.2, 0.25) is 0 Å². The predicted molar refractivity (Wildman–Crippen MR) is 83.8 cm³/mol. The van der Waals surface area contributed by atoms with E-state index in [1.54, 1.807) is 4.68 Å². The fourth-order valence-corrected chi connectivity index (χ4v) is 2.95. The molecule has 0 unspecified atom stereocenters. The maximum atomic E-state index is 12.3. The van der Waals surface area contributed by atoms with Crippen molar-refractivity contribution in [2.45, 2.75) is 39.2 Å². The molecular formula is C15H22N6O2. The first-order valence-corrected chi connectivity index (χ1v) is 7.94. The van der Waals surface area contributed by atoms with Crippen molar-refractivity contribution in [3.63, 3.8) is 0 Å². The summed E-state index contributed by atoms with van der Waals surface area (Å²) in [5, 5.41) is 11.2. The number of anilines is 1. The van der Waals surface area contributed by atoms with Gasteiger partial charge in [-0.2, -0.15) is 10.1 Å². The summed E-state index contributed by atoms with van der Waals surface area (Å²) in [6, 6.07) is 1.91. The third kappa shape index (κ3) is 3.42. The van der Waals surface area contributed by atoms with E-state index in [1.807, 2.05) is 27.0 Å². The van der Waals surface area contributed by atoms with E-state index in [0.29, 0.717) is 24.1 Å². The summed E-state index contributed by atoms with van der Waals surface area (Å²) in [6.07, 6.45) is 2.69. The summed E-state index contributed by atoms with van der Waals surface area (Å²) in [4.78, 5) is 18.8. The van der Waals surface area contributed by atoms with Crippen LogP contribution in [0.5, 0.6) is 0 Å². The van der Waals surface area contributed by atoms with Crippen LogP contribution in [0.15, 0.2) is 10.6 Å². The van der Waals surface area contributed by atoms with Crippen molar-refractivity contribution in [3.8, 4) is 0 Å². The van der Waals surface area contributed by atoms with Gasteiger partial charge in [0, 0.05) is 19.5 Å². The Bertz CT molecular complexity index is 692. The van der Waals surface area contributed by atoms with E-state index in [-0.39, 0.29) is 11.9 Å². The van der Waals surface area contributed by atoms with Crippen LogP contribution in [0.4, 0.5) is 5.82 Å². The molecule has 2 aromatic heterocycles. The average molecular weight is 318 g/mol. The lowest BCUT2D eigenvalue weighted by Crippen LogP contribution is -2.33. The summed E-state index contributed by atoms with van der Waals surface area (Å²) in [5.41, 5.74) is 0.876. The quantitative estimate of drug-likeness (QED) is 0.897. The number of amides is 1. The number of carbonyl (C=O) groups excluding carboxylic acids is 1. The number of aromatic nitrogens is 4. The molecule has 1 aliphatic rings. The second-order valence-electron chi connectivity index (χ2n) is 5.87. The van der Waals surface area contributed by atoms with Gasteiger partial charge >= 0.3 is 0 Å². The van der Waals surface area contributed by atoms with Gasteiger partial charge in [0.25, 0.3) is 0 Å². The van der Waals surface area contributed by atoms with Crippen molar-refractivity contribution >= 4 is 11.7 Å². The number of aryl methyl sites for hydroxylation is 3. The molecule has 8 nitrogen and oxygen atoms in total. The van der Waals surface area contributed by atoms with Crippen molar-refractivity contribution in [1.29, 1.82) is 0 Å². The van der Waals surface area contributed by atoms with Crippen LogP contribution in [0.3, 0.4) is 0 Å². The number of carbonyl (C=O) groups is 1. The number of rotatable bonds is 5. The molecule has 0 saturated carbocycles. The van der Waals surface area contributed by atoms with Gasteiger partial charge in [0.05, 0.1) is 18.3 Å². The van der Waals surface area contributed by atoms with Crippen molar-refractivity contribution in [2.75, 3.05) is 18.4 Å². The molecule has 3 heterocycles. The molecule has 1 saturated heterocycles. The maximum absolute atomic E-state index is 12.3. The number of nitrogens with zero attached hydrogens (tertiary/aromatic N) is 5. The molecule has 1 amide bonds. The number of likely N-dealkylation sites (tertiary alicyclic amines) is 1. The lowest BCUT2D eigenvalue weighted by Gasteiger charge is -2.21. The molecule has 23 heavy (non-hydrogen) atoms. The van der Waals surface area contributed by atoms with Gasteiger partial charge in [-0.3, -0.25) is 14.4 Å². The highest BCUT2D eigenvalue weighted by molar-refractivity contribution is 5.91. The fraction of sp³-hybridized carbons (Fsp3) is 0.600. The first kappa shape index (κ1) is 15.7. The van der Waals surface area contributed by atoms with Crippen LogP contribution < -0.4 is 5.32 Å². The maximum Gasteiger partial charge on any atom is 0.239 e. The van der Waals surface area contributed by atoms with Gasteiger partial charge in [0.2, 0.25) is 11.8 Å². The summed E-state index contributed by atoms with van der Waals surface area (Å²) in [5.74, 6) is 1.97. The second kappa shape index (κ2) is 6.49. The molecule has 1 atom stereocenters. The highest BCUT2D eigenvalue weighted by Gasteiger charge is 2.31. The van der Waals surface area contributed by atoms with Crippen LogP contribution in [0, 0.1) is 6.92 Å². The molecule has 8 heteroatoms. The lowest BCUT2D eigenvalue weighted by molar-refractivity contribution is -0.117. The Labute approximate surface area is 134 Å². The van der Waals surface area contributed by atoms with Crippen molar-refractivity contribution in [2.24, 2.45) is 7.05 Å². The minimum atomic E-state index is -0.0564. The van der Waals surface area contributed by atoms with Crippen LogP contribution in [-0.2, 0) is 18.3 Å². The normalized spacial score (nSPS) is 18.5. The average Bonchev–Trinajstić information content (AvgIpc) is 3.20. The van der Waals surface area contributed by atoms with Crippen LogP contribution in [0.25, 0.3) is 0 Å². The summed E-state index contributed by atoms with van der Waals surface area (Å²) in [7, 11) is 1.81. The minimum Gasteiger partial charge on any atom is -0.339 e. The van der Waals surface area contributed by atoms with Crippen molar-refractivity contribution < 1.29 is 9.32 Å². The first-order valence-electron chi connectivity index (χ1n) is 7.94. The molecule has 1 fully saturated rings. The highest BCUT2D eigenvalue weighted by atomic mass is 16.5. The minimum absolute atomic E-state index is 0.0538. The number of nitrogens with one attached hydrogen (secondary N) is 1. The molecule has 0 spiro atoms. The molecule has 0 aromatic carbocycles. The Morgan fingerprint density at radius 1 is 1.52 bits per heavy atom. The molecule has 124 valence electrons. The lowest BCUT2D eigenvalue weighted by atomic mass is 10.2. The molecule has 2 aromatic rings. The van der Waals surface area contributed by atoms with E-state index in [1.165, 1.54) is 0 Å². The standard InChI is InChI=1S/C15H22N6O2/c1-4-14-17-15(19-23-14)11-6-5-7-21(11)9-13(22)16-12-8-10(2)18-20(12)3/h8,11H,4-7,9H2,1-3H3,(H,16,22)/t11-/m1/s1. The molecule has 0 radical (unpaired) electrons. The Balaban J connectivity index is 1.64. The van der Waals surface area contributed by atoms with E-state index >= 15 is 0 Å². The van der Waals surface area contributed by atoms with E-state index < -0.39 is 0 Å². The molecule has 0 aliphatic carbocycles.